The molecule has 1 aromatic rings. The number of carbonyl (C=O) groups excluding carboxylic acids is 2. The number of hydrogen-bond donors (Lipinski definition) is 1. The van der Waals surface area contributed by atoms with Crippen molar-refractivity contribution in [2.45, 2.75) is 41.0 Å². The molecule has 0 spiro atoms. The van der Waals surface area contributed by atoms with E-state index in [9.17, 15) is 9.59 Å². The van der Waals surface area contributed by atoms with Crippen molar-refractivity contribution in [3.05, 3.63) is 29.3 Å². The highest BCUT2D eigenvalue weighted by Crippen LogP contribution is 2.22. The van der Waals surface area contributed by atoms with Gasteiger partial charge in [0.05, 0.1) is 0 Å². The van der Waals surface area contributed by atoms with Crippen molar-refractivity contribution in [2.75, 3.05) is 18.0 Å². The Hall–Kier alpha value is -1.84. The van der Waals surface area contributed by atoms with E-state index < -0.39 is 0 Å². The van der Waals surface area contributed by atoms with E-state index >= 15 is 0 Å². The molecular weight excluding hydrogens is 264 g/mol. The van der Waals surface area contributed by atoms with Gasteiger partial charge >= 0.3 is 0 Å². The maximum absolute atomic E-state index is 12.0. The molecule has 0 aliphatic rings. The molecule has 0 bridgehead atoms. The largest absolute Gasteiger partial charge is 0.355 e. The molecule has 1 aromatic carbocycles. The smallest absolute Gasteiger partial charge is 0.240 e. The first-order valence-electron chi connectivity index (χ1n) is 7.44. The van der Waals surface area contributed by atoms with Crippen LogP contribution in [0.4, 0.5) is 5.69 Å². The number of hydrogen-bond acceptors (Lipinski definition) is 2. The van der Waals surface area contributed by atoms with Crippen LogP contribution in [0.3, 0.4) is 0 Å². The van der Waals surface area contributed by atoms with Crippen LogP contribution in [0.2, 0.25) is 0 Å². The van der Waals surface area contributed by atoms with Crippen LogP contribution in [0.15, 0.2) is 18.2 Å². The summed E-state index contributed by atoms with van der Waals surface area (Å²) in [5, 5.41) is 2.87. The minimum absolute atomic E-state index is 0.0672. The van der Waals surface area contributed by atoms with Gasteiger partial charge in [-0.15, -0.1) is 0 Å². The molecule has 0 aromatic heterocycles. The standard InChI is InChI=1S/C17H26N2O2/c1-12(2)9-10-18-17(21)11-19(15(5)20)16-8-6-7-13(3)14(16)4/h6-8,12H,9-11H2,1-5H3,(H,18,21). The van der Waals surface area contributed by atoms with Crippen LogP contribution in [-0.2, 0) is 9.59 Å². The number of amides is 2. The molecule has 0 atom stereocenters. The molecule has 0 saturated heterocycles. The van der Waals surface area contributed by atoms with E-state index in [0.717, 1.165) is 23.2 Å². The predicted octanol–water partition coefficient (Wildman–Crippen LogP) is 2.82. The third kappa shape index (κ3) is 5.21. The van der Waals surface area contributed by atoms with E-state index in [2.05, 4.69) is 19.2 Å². The number of aryl methyl sites for hydroxylation is 1. The summed E-state index contributed by atoms with van der Waals surface area (Å²) in [6, 6.07) is 5.79. The molecule has 1 rings (SSSR count). The van der Waals surface area contributed by atoms with Gasteiger partial charge in [0.15, 0.2) is 0 Å². The average molecular weight is 290 g/mol. The quantitative estimate of drug-likeness (QED) is 0.876. The van der Waals surface area contributed by atoms with Crippen LogP contribution in [0.5, 0.6) is 0 Å². The van der Waals surface area contributed by atoms with Crippen molar-refractivity contribution in [2.24, 2.45) is 5.92 Å². The molecule has 0 unspecified atom stereocenters. The third-order valence-corrected chi connectivity index (χ3v) is 3.59. The van der Waals surface area contributed by atoms with Crippen molar-refractivity contribution >= 4 is 17.5 Å². The first-order valence-corrected chi connectivity index (χ1v) is 7.44. The summed E-state index contributed by atoms with van der Waals surface area (Å²) < 4.78 is 0. The zero-order valence-electron chi connectivity index (χ0n) is 13.7. The highest BCUT2D eigenvalue weighted by molar-refractivity contribution is 5.98. The van der Waals surface area contributed by atoms with Crippen molar-refractivity contribution in [3.8, 4) is 0 Å². The van der Waals surface area contributed by atoms with Crippen LogP contribution in [0.1, 0.15) is 38.3 Å². The highest BCUT2D eigenvalue weighted by atomic mass is 16.2. The van der Waals surface area contributed by atoms with Crippen LogP contribution in [0.25, 0.3) is 0 Å². The summed E-state index contributed by atoms with van der Waals surface area (Å²) >= 11 is 0. The van der Waals surface area contributed by atoms with Gasteiger partial charge in [-0.25, -0.2) is 0 Å². The van der Waals surface area contributed by atoms with Gasteiger partial charge in [-0.3, -0.25) is 9.59 Å². The molecule has 21 heavy (non-hydrogen) atoms. The molecule has 4 heteroatoms. The summed E-state index contributed by atoms with van der Waals surface area (Å²) in [7, 11) is 0. The first kappa shape index (κ1) is 17.2. The molecule has 1 N–H and O–H groups in total. The van der Waals surface area contributed by atoms with Gasteiger partial charge in [0.25, 0.3) is 0 Å². The van der Waals surface area contributed by atoms with Crippen molar-refractivity contribution in [1.82, 2.24) is 5.32 Å². The molecule has 0 fully saturated rings. The molecule has 0 heterocycles. The molecule has 4 nitrogen and oxygen atoms in total. The second-order valence-electron chi connectivity index (χ2n) is 5.86. The fourth-order valence-corrected chi connectivity index (χ4v) is 2.09. The Morgan fingerprint density at radius 3 is 2.48 bits per heavy atom. The van der Waals surface area contributed by atoms with Gasteiger partial charge in [0, 0.05) is 19.2 Å². The topological polar surface area (TPSA) is 49.4 Å². The van der Waals surface area contributed by atoms with Crippen LogP contribution in [-0.4, -0.2) is 24.9 Å². The number of nitrogens with one attached hydrogen (secondary N) is 1. The number of carbonyl (C=O) groups is 2. The Morgan fingerprint density at radius 1 is 1.24 bits per heavy atom. The van der Waals surface area contributed by atoms with E-state index in [4.69, 9.17) is 0 Å². The Labute approximate surface area is 127 Å². The lowest BCUT2D eigenvalue weighted by molar-refractivity contribution is -0.123. The molecule has 2 amide bonds. The highest BCUT2D eigenvalue weighted by Gasteiger charge is 2.17. The summed E-state index contributed by atoms with van der Waals surface area (Å²) in [4.78, 5) is 25.4. The van der Waals surface area contributed by atoms with Crippen molar-refractivity contribution < 1.29 is 9.59 Å². The normalized spacial score (nSPS) is 10.6. The minimum atomic E-state index is -0.122. The fourth-order valence-electron chi connectivity index (χ4n) is 2.09. The fraction of sp³-hybridized carbons (Fsp3) is 0.529. The number of benzene rings is 1. The lowest BCUT2D eigenvalue weighted by atomic mass is 10.1. The van der Waals surface area contributed by atoms with E-state index in [0.29, 0.717) is 12.5 Å². The molecule has 0 saturated carbocycles. The summed E-state index contributed by atoms with van der Waals surface area (Å²) in [6.07, 6.45) is 0.940. The van der Waals surface area contributed by atoms with Crippen LogP contribution >= 0.6 is 0 Å². The maximum atomic E-state index is 12.0. The minimum Gasteiger partial charge on any atom is -0.355 e. The predicted molar refractivity (Wildman–Crippen MR) is 86.4 cm³/mol. The van der Waals surface area contributed by atoms with Gasteiger partial charge in [-0.2, -0.15) is 0 Å². The Morgan fingerprint density at radius 2 is 1.90 bits per heavy atom. The summed E-state index contributed by atoms with van der Waals surface area (Å²) in [5.74, 6) is 0.308. The zero-order valence-corrected chi connectivity index (χ0v) is 13.7. The summed E-state index contributed by atoms with van der Waals surface area (Å²) in [6.45, 7) is 10.4. The van der Waals surface area contributed by atoms with E-state index in [-0.39, 0.29) is 18.4 Å². The van der Waals surface area contributed by atoms with E-state index in [1.165, 1.54) is 11.8 Å². The second-order valence-corrected chi connectivity index (χ2v) is 5.86. The van der Waals surface area contributed by atoms with E-state index in [1.807, 2.05) is 32.0 Å². The van der Waals surface area contributed by atoms with Gasteiger partial charge < -0.3 is 10.2 Å². The molecular formula is C17H26N2O2. The molecule has 0 aliphatic heterocycles. The van der Waals surface area contributed by atoms with Gasteiger partial charge in [-0.1, -0.05) is 26.0 Å². The van der Waals surface area contributed by atoms with Crippen molar-refractivity contribution in [1.29, 1.82) is 0 Å². The first-order chi connectivity index (χ1) is 9.82. The Balaban J connectivity index is 2.77. The number of anilines is 1. The van der Waals surface area contributed by atoms with Gasteiger partial charge in [0.2, 0.25) is 11.8 Å². The lowest BCUT2D eigenvalue weighted by Crippen LogP contribution is -2.40. The second kappa shape index (κ2) is 7.81. The molecule has 116 valence electrons. The zero-order chi connectivity index (χ0) is 16.0. The summed E-state index contributed by atoms with van der Waals surface area (Å²) in [5.41, 5.74) is 2.95. The SMILES string of the molecule is CC(=O)N(CC(=O)NCCC(C)C)c1cccc(C)c1C. The number of nitrogens with zero attached hydrogens (tertiary/aromatic N) is 1. The van der Waals surface area contributed by atoms with Crippen LogP contribution < -0.4 is 10.2 Å². The maximum Gasteiger partial charge on any atom is 0.240 e. The van der Waals surface area contributed by atoms with E-state index in [1.54, 1.807) is 0 Å². The Bertz CT molecular complexity index is 510. The average Bonchev–Trinajstić information content (AvgIpc) is 2.39. The van der Waals surface area contributed by atoms with Gasteiger partial charge in [-0.05, 0) is 43.4 Å². The molecule has 0 radical (unpaired) electrons. The number of rotatable bonds is 6. The lowest BCUT2D eigenvalue weighted by Gasteiger charge is -2.23. The molecule has 0 aliphatic carbocycles. The monoisotopic (exact) mass is 290 g/mol. The third-order valence-electron chi connectivity index (χ3n) is 3.59. The van der Waals surface area contributed by atoms with Crippen LogP contribution in [0, 0.1) is 19.8 Å². The Kier molecular flexibility index (Phi) is 6.40. The van der Waals surface area contributed by atoms with Crippen molar-refractivity contribution in [3.63, 3.8) is 0 Å². The van der Waals surface area contributed by atoms with Gasteiger partial charge in [0.1, 0.15) is 6.54 Å².